The highest BCUT2D eigenvalue weighted by Crippen LogP contribution is 2.32. The molecule has 1 N–H and O–H groups in total. The molecule has 0 amide bonds. The zero-order valence-electron chi connectivity index (χ0n) is 10.1. The number of benzene rings is 1. The molecule has 0 spiro atoms. The van der Waals surface area contributed by atoms with Gasteiger partial charge in [0, 0.05) is 19.4 Å². The van der Waals surface area contributed by atoms with Gasteiger partial charge in [0.05, 0.1) is 0 Å². The van der Waals surface area contributed by atoms with Gasteiger partial charge in [-0.1, -0.05) is 35.5 Å². The van der Waals surface area contributed by atoms with Crippen LogP contribution in [0.1, 0.15) is 19.4 Å². The van der Waals surface area contributed by atoms with E-state index in [2.05, 4.69) is 15.7 Å². The third-order valence-electron chi connectivity index (χ3n) is 2.13. The highest BCUT2D eigenvalue weighted by atomic mass is 32.2. The first-order valence-electron chi connectivity index (χ1n) is 5.40. The number of oxime groups is 1. The van der Waals surface area contributed by atoms with Crippen LogP contribution in [0.4, 0.5) is 0 Å². The van der Waals surface area contributed by atoms with E-state index in [4.69, 9.17) is 4.84 Å². The average Bonchev–Trinajstić information content (AvgIpc) is 2.73. The summed E-state index contributed by atoms with van der Waals surface area (Å²) in [5.41, 5.74) is 3.87. The Hall–Kier alpha value is -1.82. The van der Waals surface area contributed by atoms with E-state index in [1.54, 1.807) is 6.92 Å². The predicted octanol–water partition coefficient (Wildman–Crippen LogP) is 1.95. The van der Waals surface area contributed by atoms with Gasteiger partial charge < -0.3 is 4.84 Å². The summed E-state index contributed by atoms with van der Waals surface area (Å²) in [6.07, 6.45) is 1.13. The fraction of sp³-hybridized carbons (Fsp3) is 0.250. The summed E-state index contributed by atoms with van der Waals surface area (Å²) in [7, 11) is 0. The van der Waals surface area contributed by atoms with Crippen molar-refractivity contribution in [2.75, 3.05) is 0 Å². The first-order chi connectivity index (χ1) is 8.59. The van der Waals surface area contributed by atoms with Crippen molar-refractivity contribution < 1.29 is 9.63 Å². The van der Waals surface area contributed by atoms with Gasteiger partial charge in [0.1, 0.15) is 11.3 Å². The molecule has 1 aromatic rings. The number of carbonyl (C=O) groups excluding carboxylic acids is 1. The van der Waals surface area contributed by atoms with Gasteiger partial charge in [0.15, 0.2) is 5.78 Å². The third kappa shape index (κ3) is 3.10. The highest BCUT2D eigenvalue weighted by Gasteiger charge is 2.35. The summed E-state index contributed by atoms with van der Waals surface area (Å²) in [5, 5.41) is 7.87. The number of thioether (sulfide) groups is 1. The molecule has 18 heavy (non-hydrogen) atoms. The number of hydrogen-bond donors (Lipinski definition) is 1. The first kappa shape index (κ1) is 12.6. The Kier molecular flexibility index (Phi) is 3.66. The molecule has 0 fully saturated rings. The minimum Gasteiger partial charge on any atom is -0.354 e. The second-order valence-corrected chi connectivity index (χ2v) is 5.25. The molecule has 1 atom stereocenters. The zero-order valence-corrected chi connectivity index (χ0v) is 10.9. The van der Waals surface area contributed by atoms with Crippen molar-refractivity contribution in [1.29, 1.82) is 0 Å². The van der Waals surface area contributed by atoms with Crippen LogP contribution in [0.2, 0.25) is 0 Å². The van der Waals surface area contributed by atoms with Gasteiger partial charge in [-0.25, -0.2) is 0 Å². The number of rotatable bonds is 4. The molecule has 1 unspecified atom stereocenters. The number of Topliss-reactive ketones (excluding diaryl/α,β-unsaturated/α-hetero) is 1. The van der Waals surface area contributed by atoms with E-state index in [9.17, 15) is 4.79 Å². The topological polar surface area (TPSA) is 63.0 Å². The normalized spacial score (nSPS) is 22.7. The van der Waals surface area contributed by atoms with Gasteiger partial charge >= 0.3 is 0 Å². The molecule has 0 radical (unpaired) electrons. The van der Waals surface area contributed by atoms with Crippen LogP contribution in [0.15, 0.2) is 40.6 Å². The Bertz CT molecular complexity index is 501. The molecular formula is C12H13N3O2S. The summed E-state index contributed by atoms with van der Waals surface area (Å²) in [6.45, 7) is 3.21. The number of nitrogens with one attached hydrogen (secondary N) is 1. The molecule has 1 heterocycles. The van der Waals surface area contributed by atoms with Crippen molar-refractivity contribution in [2.24, 2.45) is 10.3 Å². The molecule has 0 aromatic heterocycles. The lowest BCUT2D eigenvalue weighted by Crippen LogP contribution is -2.33. The number of hydrazone groups is 1. The molecular weight excluding hydrogens is 250 g/mol. The van der Waals surface area contributed by atoms with E-state index < -0.39 is 5.06 Å². The Morgan fingerprint density at radius 1 is 1.50 bits per heavy atom. The fourth-order valence-corrected chi connectivity index (χ4v) is 2.21. The van der Waals surface area contributed by atoms with Crippen LogP contribution in [0.5, 0.6) is 0 Å². The van der Waals surface area contributed by atoms with E-state index in [1.165, 1.54) is 18.7 Å². The van der Waals surface area contributed by atoms with Crippen molar-refractivity contribution in [3.8, 4) is 0 Å². The molecule has 0 saturated carbocycles. The van der Waals surface area contributed by atoms with Crippen LogP contribution in [0.3, 0.4) is 0 Å². The zero-order chi connectivity index (χ0) is 13.0. The van der Waals surface area contributed by atoms with Gasteiger partial charge in [0.2, 0.25) is 0 Å². The van der Waals surface area contributed by atoms with Crippen molar-refractivity contribution in [3.05, 3.63) is 35.9 Å². The van der Waals surface area contributed by atoms with Crippen LogP contribution < -0.4 is 5.43 Å². The lowest BCUT2D eigenvalue weighted by atomic mass is 10.2. The third-order valence-corrected chi connectivity index (χ3v) is 3.21. The predicted molar refractivity (Wildman–Crippen MR) is 72.4 cm³/mol. The fourth-order valence-electron chi connectivity index (χ4n) is 1.33. The number of nitrogens with zero attached hydrogens (tertiary/aromatic N) is 2. The minimum absolute atomic E-state index is 0.161. The average molecular weight is 263 g/mol. The molecule has 94 valence electrons. The summed E-state index contributed by atoms with van der Waals surface area (Å²) in [5.74, 6) is -0.161. The van der Waals surface area contributed by atoms with Gasteiger partial charge in [0.25, 0.3) is 5.06 Å². The first-order valence-corrected chi connectivity index (χ1v) is 6.22. The van der Waals surface area contributed by atoms with Crippen molar-refractivity contribution in [1.82, 2.24) is 5.43 Å². The van der Waals surface area contributed by atoms with Crippen LogP contribution in [-0.4, -0.2) is 22.1 Å². The van der Waals surface area contributed by atoms with Crippen LogP contribution in [0, 0.1) is 0 Å². The Morgan fingerprint density at radius 2 is 2.22 bits per heavy atom. The standard InChI is InChI=1S/C12H13N3O2S/c1-9(16)8-13-17-12(2)15-14-11(18-12)10-6-4-3-5-7-10/h3-8,15H,1-2H3/b13-8+. The number of hydrogen-bond acceptors (Lipinski definition) is 6. The molecule has 1 aliphatic rings. The van der Waals surface area contributed by atoms with E-state index in [0.29, 0.717) is 0 Å². The molecule has 5 nitrogen and oxygen atoms in total. The SMILES string of the molecule is CC(=O)/C=N/OC1(C)NN=C(c2ccccc2)S1. The monoisotopic (exact) mass is 263 g/mol. The maximum Gasteiger partial charge on any atom is 0.272 e. The largest absolute Gasteiger partial charge is 0.354 e. The molecule has 1 aromatic carbocycles. The lowest BCUT2D eigenvalue weighted by Gasteiger charge is -2.19. The molecule has 2 rings (SSSR count). The molecule has 1 aliphatic heterocycles. The van der Waals surface area contributed by atoms with Crippen molar-refractivity contribution in [3.63, 3.8) is 0 Å². The van der Waals surface area contributed by atoms with Crippen LogP contribution >= 0.6 is 11.8 Å². The van der Waals surface area contributed by atoms with Gasteiger partial charge in [-0.3, -0.25) is 10.2 Å². The smallest absolute Gasteiger partial charge is 0.272 e. The van der Waals surface area contributed by atoms with Crippen molar-refractivity contribution >= 4 is 28.8 Å². The quantitative estimate of drug-likeness (QED) is 0.666. The Balaban J connectivity index is 2.00. The van der Waals surface area contributed by atoms with Crippen LogP contribution in [-0.2, 0) is 9.63 Å². The van der Waals surface area contributed by atoms with Gasteiger partial charge in [-0.05, 0) is 11.8 Å². The highest BCUT2D eigenvalue weighted by molar-refractivity contribution is 8.15. The van der Waals surface area contributed by atoms with Crippen molar-refractivity contribution in [2.45, 2.75) is 18.9 Å². The molecule has 6 heteroatoms. The summed E-state index contributed by atoms with van der Waals surface area (Å²) in [4.78, 5) is 16.0. The van der Waals surface area contributed by atoms with Crippen LogP contribution in [0.25, 0.3) is 0 Å². The number of carbonyl (C=O) groups is 1. The Morgan fingerprint density at radius 3 is 2.89 bits per heavy atom. The van der Waals surface area contributed by atoms with E-state index >= 15 is 0 Å². The summed E-state index contributed by atoms with van der Waals surface area (Å²) in [6, 6.07) is 9.78. The second-order valence-electron chi connectivity index (χ2n) is 3.88. The minimum atomic E-state index is -0.781. The van der Waals surface area contributed by atoms with Gasteiger partial charge in [-0.2, -0.15) is 5.10 Å². The lowest BCUT2D eigenvalue weighted by molar-refractivity contribution is -0.110. The van der Waals surface area contributed by atoms with E-state index in [0.717, 1.165) is 16.8 Å². The number of ketones is 1. The summed E-state index contributed by atoms with van der Waals surface area (Å²) >= 11 is 1.41. The molecule has 0 bridgehead atoms. The second kappa shape index (κ2) is 5.22. The maximum absolute atomic E-state index is 10.7. The Labute approximate surface area is 109 Å². The van der Waals surface area contributed by atoms with Gasteiger partial charge in [-0.15, -0.1) is 0 Å². The molecule has 0 aliphatic carbocycles. The summed E-state index contributed by atoms with van der Waals surface area (Å²) < 4.78 is 0. The van der Waals surface area contributed by atoms with E-state index in [-0.39, 0.29) is 5.78 Å². The maximum atomic E-state index is 10.7. The van der Waals surface area contributed by atoms with E-state index in [1.807, 2.05) is 30.3 Å². The molecule has 0 saturated heterocycles.